The summed E-state index contributed by atoms with van der Waals surface area (Å²) in [6.45, 7) is 8.01. The lowest BCUT2D eigenvalue weighted by atomic mass is 10.1. The summed E-state index contributed by atoms with van der Waals surface area (Å²) < 4.78 is 1.76. The number of hydrogen-bond acceptors (Lipinski definition) is 5. The molecule has 6 nitrogen and oxygen atoms in total. The summed E-state index contributed by atoms with van der Waals surface area (Å²) in [5, 5.41) is 15.3. The van der Waals surface area contributed by atoms with Gasteiger partial charge in [0, 0.05) is 6.04 Å². The van der Waals surface area contributed by atoms with Crippen LogP contribution in [-0.4, -0.2) is 37.4 Å². The smallest absolute Gasteiger partial charge is 0.233 e. The van der Waals surface area contributed by atoms with Gasteiger partial charge in [-0.15, -0.1) is 5.10 Å². The predicted molar refractivity (Wildman–Crippen MR) is 78.5 cm³/mol. The van der Waals surface area contributed by atoms with Crippen molar-refractivity contribution in [2.75, 3.05) is 0 Å². The van der Waals surface area contributed by atoms with Crippen molar-refractivity contribution in [2.24, 2.45) is 0 Å². The molecule has 1 aliphatic carbocycles. The second kappa shape index (κ2) is 6.11. The third-order valence-electron chi connectivity index (χ3n) is 3.43. The zero-order valence-electron chi connectivity index (χ0n) is 12.6. The van der Waals surface area contributed by atoms with Gasteiger partial charge in [-0.25, -0.2) is 4.68 Å². The van der Waals surface area contributed by atoms with Crippen LogP contribution < -0.4 is 5.32 Å². The molecule has 0 saturated heterocycles. The van der Waals surface area contributed by atoms with E-state index in [9.17, 15) is 4.79 Å². The minimum Gasteiger partial charge on any atom is -0.352 e. The fourth-order valence-corrected chi connectivity index (χ4v) is 3.26. The number of nitrogens with zero attached hydrogens (tertiary/aromatic N) is 4. The molecule has 1 heterocycles. The molecule has 1 aromatic heterocycles. The van der Waals surface area contributed by atoms with Gasteiger partial charge in [-0.2, -0.15) is 0 Å². The Kier molecular flexibility index (Phi) is 4.67. The largest absolute Gasteiger partial charge is 0.352 e. The molecule has 0 radical (unpaired) electrons. The van der Waals surface area contributed by atoms with Crippen molar-refractivity contribution in [1.29, 1.82) is 0 Å². The summed E-state index contributed by atoms with van der Waals surface area (Å²) in [4.78, 5) is 12.2. The van der Waals surface area contributed by atoms with Crippen molar-refractivity contribution < 1.29 is 4.79 Å². The number of carbonyl (C=O) groups excluding carboxylic acids is 1. The highest BCUT2D eigenvalue weighted by Crippen LogP contribution is 2.25. The van der Waals surface area contributed by atoms with Gasteiger partial charge in [0.15, 0.2) is 0 Å². The molecule has 0 aromatic carbocycles. The van der Waals surface area contributed by atoms with E-state index >= 15 is 0 Å². The quantitative estimate of drug-likeness (QED) is 0.860. The lowest BCUT2D eigenvalue weighted by molar-refractivity contribution is -0.120. The summed E-state index contributed by atoms with van der Waals surface area (Å²) >= 11 is 1.41. The fourth-order valence-electron chi connectivity index (χ4n) is 2.27. The van der Waals surface area contributed by atoms with Crippen LogP contribution in [0, 0.1) is 0 Å². The number of rotatable bonds is 4. The van der Waals surface area contributed by atoms with E-state index in [-0.39, 0.29) is 16.7 Å². The topological polar surface area (TPSA) is 72.7 Å². The lowest BCUT2D eigenvalue weighted by Crippen LogP contribution is -2.38. The molecule has 7 heteroatoms. The van der Waals surface area contributed by atoms with Crippen LogP contribution in [0.4, 0.5) is 0 Å². The van der Waals surface area contributed by atoms with Gasteiger partial charge >= 0.3 is 0 Å². The number of tetrazole rings is 1. The van der Waals surface area contributed by atoms with Crippen LogP contribution in [0.5, 0.6) is 0 Å². The van der Waals surface area contributed by atoms with Crippen molar-refractivity contribution in [1.82, 2.24) is 25.5 Å². The van der Waals surface area contributed by atoms with Crippen molar-refractivity contribution in [3.8, 4) is 0 Å². The Morgan fingerprint density at radius 1 is 1.40 bits per heavy atom. The maximum Gasteiger partial charge on any atom is 0.233 e. The molecule has 1 aliphatic rings. The molecule has 1 saturated carbocycles. The zero-order chi connectivity index (χ0) is 14.8. The molecule has 1 amide bonds. The van der Waals surface area contributed by atoms with E-state index in [0.717, 1.165) is 12.8 Å². The number of amides is 1. The second-order valence-corrected chi connectivity index (χ2v) is 7.60. The van der Waals surface area contributed by atoms with Gasteiger partial charge in [0.1, 0.15) is 0 Å². The SMILES string of the molecule is C[C@H](Sc1nnnn1C(C)(C)C)C(=O)NC1CCCC1. The van der Waals surface area contributed by atoms with Gasteiger partial charge in [-0.05, 0) is 51.0 Å². The number of carbonyl (C=O) groups is 1. The van der Waals surface area contributed by atoms with E-state index in [1.54, 1.807) is 4.68 Å². The Morgan fingerprint density at radius 3 is 2.65 bits per heavy atom. The first kappa shape index (κ1) is 15.3. The average molecular weight is 297 g/mol. The monoisotopic (exact) mass is 297 g/mol. The molecule has 0 aliphatic heterocycles. The van der Waals surface area contributed by atoms with Crippen LogP contribution in [0.3, 0.4) is 0 Å². The molecule has 112 valence electrons. The molecule has 1 aromatic rings. The minimum atomic E-state index is -0.192. The van der Waals surface area contributed by atoms with Crippen LogP contribution in [0.2, 0.25) is 0 Å². The first-order valence-corrected chi connectivity index (χ1v) is 8.02. The average Bonchev–Trinajstić information content (AvgIpc) is 2.98. The van der Waals surface area contributed by atoms with Gasteiger partial charge in [0.25, 0.3) is 0 Å². The molecule has 0 unspecified atom stereocenters. The van der Waals surface area contributed by atoms with E-state index in [1.807, 2.05) is 27.7 Å². The van der Waals surface area contributed by atoms with E-state index in [1.165, 1.54) is 24.6 Å². The summed E-state index contributed by atoms with van der Waals surface area (Å²) in [6, 6.07) is 0.351. The normalized spacial score (nSPS) is 18.2. The van der Waals surface area contributed by atoms with Gasteiger partial charge < -0.3 is 5.32 Å². The summed E-state index contributed by atoms with van der Waals surface area (Å²) in [5.74, 6) is 0.0744. The summed E-state index contributed by atoms with van der Waals surface area (Å²) in [5.41, 5.74) is -0.187. The van der Waals surface area contributed by atoms with E-state index in [0.29, 0.717) is 11.2 Å². The van der Waals surface area contributed by atoms with Crippen molar-refractivity contribution >= 4 is 17.7 Å². The standard InChI is InChI=1S/C13H23N5OS/c1-9(11(19)14-10-7-5-6-8-10)20-12-15-16-17-18(12)13(2,3)4/h9-10H,5-8H2,1-4H3,(H,14,19)/t9-/m0/s1. The molecule has 0 spiro atoms. The van der Waals surface area contributed by atoms with Gasteiger partial charge in [-0.1, -0.05) is 24.6 Å². The van der Waals surface area contributed by atoms with Crippen molar-refractivity contribution in [3.63, 3.8) is 0 Å². The minimum absolute atomic E-state index is 0.0744. The maximum atomic E-state index is 12.2. The molecular weight excluding hydrogens is 274 g/mol. The first-order chi connectivity index (χ1) is 9.38. The van der Waals surface area contributed by atoms with Crippen LogP contribution >= 0.6 is 11.8 Å². The van der Waals surface area contributed by atoms with Crippen LogP contribution in [0.15, 0.2) is 5.16 Å². The summed E-state index contributed by atoms with van der Waals surface area (Å²) in [7, 11) is 0. The highest BCUT2D eigenvalue weighted by Gasteiger charge is 2.25. The van der Waals surface area contributed by atoms with Gasteiger partial charge in [0.2, 0.25) is 11.1 Å². The predicted octanol–water partition coefficient (Wildman–Crippen LogP) is 1.97. The Bertz CT molecular complexity index is 462. The molecular formula is C13H23N5OS. The Labute approximate surface area is 124 Å². The van der Waals surface area contributed by atoms with Crippen molar-refractivity contribution in [3.05, 3.63) is 0 Å². The van der Waals surface area contributed by atoms with Crippen molar-refractivity contribution in [2.45, 2.75) is 75.4 Å². The number of nitrogens with one attached hydrogen (secondary N) is 1. The molecule has 1 N–H and O–H groups in total. The van der Waals surface area contributed by atoms with E-state index in [2.05, 4.69) is 20.8 Å². The zero-order valence-corrected chi connectivity index (χ0v) is 13.4. The molecule has 1 atom stereocenters. The number of thioether (sulfide) groups is 1. The van der Waals surface area contributed by atoms with E-state index < -0.39 is 0 Å². The number of hydrogen-bond donors (Lipinski definition) is 1. The van der Waals surface area contributed by atoms with Crippen LogP contribution in [-0.2, 0) is 10.3 Å². The highest BCUT2D eigenvalue weighted by atomic mass is 32.2. The number of aromatic nitrogens is 4. The third kappa shape index (κ3) is 3.71. The Morgan fingerprint density at radius 2 is 2.05 bits per heavy atom. The van der Waals surface area contributed by atoms with Crippen LogP contribution in [0.25, 0.3) is 0 Å². The molecule has 20 heavy (non-hydrogen) atoms. The summed E-state index contributed by atoms with van der Waals surface area (Å²) in [6.07, 6.45) is 4.63. The van der Waals surface area contributed by atoms with Gasteiger partial charge in [0.05, 0.1) is 10.8 Å². The fraction of sp³-hybridized carbons (Fsp3) is 0.846. The molecule has 2 rings (SSSR count). The third-order valence-corrected chi connectivity index (χ3v) is 4.46. The lowest BCUT2D eigenvalue weighted by Gasteiger charge is -2.21. The first-order valence-electron chi connectivity index (χ1n) is 7.14. The molecule has 1 fully saturated rings. The highest BCUT2D eigenvalue weighted by molar-refractivity contribution is 8.00. The molecule has 0 bridgehead atoms. The van der Waals surface area contributed by atoms with Gasteiger partial charge in [-0.3, -0.25) is 4.79 Å². The maximum absolute atomic E-state index is 12.2. The Balaban J connectivity index is 1.95. The Hall–Kier alpha value is -1.11. The van der Waals surface area contributed by atoms with E-state index in [4.69, 9.17) is 0 Å². The second-order valence-electron chi connectivity index (χ2n) is 6.29. The van der Waals surface area contributed by atoms with Crippen LogP contribution in [0.1, 0.15) is 53.4 Å².